The van der Waals surface area contributed by atoms with Crippen molar-refractivity contribution in [3.05, 3.63) is 12.3 Å². The Kier molecular flexibility index (Phi) is 12.4. The average molecular weight is 411 g/mol. The van der Waals surface area contributed by atoms with Crippen molar-refractivity contribution in [1.82, 2.24) is 10.6 Å². The summed E-state index contributed by atoms with van der Waals surface area (Å²) in [6.07, 6.45) is 4.43. The van der Waals surface area contributed by atoms with E-state index in [2.05, 4.69) is 44.9 Å². The molecule has 0 atom stereocenters. The quantitative estimate of drug-likeness (QED) is 0.376. The molecular weight excluding hydrogens is 364 g/mol. The van der Waals surface area contributed by atoms with Crippen molar-refractivity contribution in [2.45, 2.75) is 105 Å². The van der Waals surface area contributed by atoms with Gasteiger partial charge in [-0.2, -0.15) is 0 Å². The molecule has 0 aliphatic rings. The van der Waals surface area contributed by atoms with Crippen molar-refractivity contribution in [1.29, 1.82) is 0 Å². The molecule has 5 heteroatoms. The van der Waals surface area contributed by atoms with Gasteiger partial charge in [-0.15, -0.1) is 0 Å². The molecule has 0 aliphatic carbocycles. The lowest BCUT2D eigenvalue weighted by Gasteiger charge is -2.31. The van der Waals surface area contributed by atoms with Gasteiger partial charge < -0.3 is 15.4 Å². The van der Waals surface area contributed by atoms with Crippen LogP contribution in [0.1, 0.15) is 93.9 Å². The first kappa shape index (κ1) is 27.6. The molecule has 0 saturated carbocycles. The number of rotatable bonds is 16. The highest BCUT2D eigenvalue weighted by molar-refractivity contribution is 5.81. The van der Waals surface area contributed by atoms with E-state index in [-0.39, 0.29) is 28.7 Å². The van der Waals surface area contributed by atoms with E-state index in [1.807, 2.05) is 27.7 Å². The van der Waals surface area contributed by atoms with Crippen LogP contribution in [0.2, 0.25) is 0 Å². The first-order chi connectivity index (χ1) is 13.2. The van der Waals surface area contributed by atoms with E-state index in [0.717, 1.165) is 25.0 Å². The zero-order valence-corrected chi connectivity index (χ0v) is 20.2. The second-order valence-electron chi connectivity index (χ2n) is 10.1. The molecule has 0 rings (SSSR count). The normalized spacial score (nSPS) is 12.3. The number of amides is 1. The Morgan fingerprint density at radius 2 is 1.59 bits per heavy atom. The maximum absolute atomic E-state index is 12.0. The molecule has 0 aromatic carbocycles. The Morgan fingerprint density at radius 3 is 2.14 bits per heavy atom. The fourth-order valence-corrected chi connectivity index (χ4v) is 2.84. The molecular formula is C24H46N2O3. The number of Topliss-reactive ketones (excluding diaryl/α,β-unsaturated/α-hetero) is 1. The highest BCUT2D eigenvalue weighted by Gasteiger charge is 2.23. The molecule has 0 fully saturated rings. The Labute approximate surface area is 179 Å². The van der Waals surface area contributed by atoms with Gasteiger partial charge in [0.05, 0.1) is 5.60 Å². The van der Waals surface area contributed by atoms with Crippen LogP contribution in [0.5, 0.6) is 0 Å². The fraction of sp³-hybridized carbons (Fsp3) is 0.833. The number of nitrogens with one attached hydrogen (secondary N) is 2. The van der Waals surface area contributed by atoms with Gasteiger partial charge in [0.15, 0.2) is 0 Å². The number of carbonyl (C=O) groups excluding carboxylic acids is 2. The van der Waals surface area contributed by atoms with E-state index in [4.69, 9.17) is 4.74 Å². The van der Waals surface area contributed by atoms with Crippen LogP contribution in [0.3, 0.4) is 0 Å². The van der Waals surface area contributed by atoms with Gasteiger partial charge in [0, 0.05) is 43.1 Å². The topological polar surface area (TPSA) is 67.4 Å². The van der Waals surface area contributed by atoms with Crippen LogP contribution in [0.25, 0.3) is 0 Å². The second kappa shape index (κ2) is 13.0. The molecule has 5 nitrogen and oxygen atoms in total. The maximum Gasteiger partial charge on any atom is 0.220 e. The van der Waals surface area contributed by atoms with Crippen LogP contribution < -0.4 is 10.6 Å². The van der Waals surface area contributed by atoms with Crippen molar-refractivity contribution < 1.29 is 14.3 Å². The van der Waals surface area contributed by atoms with E-state index in [9.17, 15) is 9.59 Å². The summed E-state index contributed by atoms with van der Waals surface area (Å²) < 4.78 is 6.07. The lowest BCUT2D eigenvalue weighted by atomic mass is 9.98. The van der Waals surface area contributed by atoms with Crippen molar-refractivity contribution >= 4 is 11.7 Å². The fourth-order valence-electron chi connectivity index (χ4n) is 2.84. The van der Waals surface area contributed by atoms with Crippen LogP contribution in [0, 0.1) is 11.8 Å². The Morgan fingerprint density at radius 1 is 0.966 bits per heavy atom. The molecule has 0 radical (unpaired) electrons. The van der Waals surface area contributed by atoms with Crippen LogP contribution in [0.15, 0.2) is 12.3 Å². The minimum Gasteiger partial charge on any atom is -0.384 e. The van der Waals surface area contributed by atoms with E-state index in [0.29, 0.717) is 38.3 Å². The van der Waals surface area contributed by atoms with Gasteiger partial charge in [0.1, 0.15) is 5.78 Å². The molecule has 0 aromatic heterocycles. The minimum absolute atomic E-state index is 0.0188. The highest BCUT2D eigenvalue weighted by atomic mass is 16.5. The highest BCUT2D eigenvalue weighted by Crippen LogP contribution is 2.20. The standard InChI is InChI=1S/C24H46N2O3/c1-18(2)10-11-20(5)26-23(6,7)15-17-29-24(8,9)14-12-22(28)25-16-13-21(27)19(3)4/h18-19,26H,5,10-17H2,1-4,6-9H3,(H,25,28). The van der Waals surface area contributed by atoms with E-state index in [1.165, 1.54) is 0 Å². The van der Waals surface area contributed by atoms with Crippen LogP contribution >= 0.6 is 0 Å². The first-order valence-corrected chi connectivity index (χ1v) is 11.1. The number of allylic oxidation sites excluding steroid dienone is 1. The molecule has 0 saturated heterocycles. The third-order valence-electron chi connectivity index (χ3n) is 5.05. The number of ketones is 1. The Balaban J connectivity index is 4.13. The SMILES string of the molecule is C=C(CCC(C)C)NC(C)(C)CCOC(C)(C)CCC(=O)NCCC(=O)C(C)C. The van der Waals surface area contributed by atoms with Crippen molar-refractivity contribution in [3.63, 3.8) is 0 Å². The van der Waals surface area contributed by atoms with Gasteiger partial charge >= 0.3 is 0 Å². The molecule has 170 valence electrons. The van der Waals surface area contributed by atoms with E-state index < -0.39 is 0 Å². The monoisotopic (exact) mass is 410 g/mol. The summed E-state index contributed by atoms with van der Waals surface area (Å²) in [6, 6.07) is 0. The third-order valence-corrected chi connectivity index (χ3v) is 5.05. The van der Waals surface area contributed by atoms with E-state index in [1.54, 1.807) is 0 Å². The lowest BCUT2D eigenvalue weighted by Crippen LogP contribution is -2.40. The predicted octanol–water partition coefficient (Wildman–Crippen LogP) is 5.00. The van der Waals surface area contributed by atoms with Crippen LogP contribution in [-0.2, 0) is 14.3 Å². The molecule has 29 heavy (non-hydrogen) atoms. The summed E-state index contributed by atoms with van der Waals surface area (Å²) in [4.78, 5) is 23.6. The van der Waals surface area contributed by atoms with Crippen LogP contribution in [-0.4, -0.2) is 36.0 Å². The predicted molar refractivity (Wildman–Crippen MR) is 122 cm³/mol. The van der Waals surface area contributed by atoms with Gasteiger partial charge in [-0.05, 0) is 59.3 Å². The number of carbonyl (C=O) groups is 2. The van der Waals surface area contributed by atoms with Gasteiger partial charge in [-0.3, -0.25) is 9.59 Å². The third kappa shape index (κ3) is 15.2. The second-order valence-corrected chi connectivity index (χ2v) is 10.1. The Hall–Kier alpha value is -1.36. The summed E-state index contributed by atoms with van der Waals surface area (Å²) >= 11 is 0. The van der Waals surface area contributed by atoms with Gasteiger partial charge in [-0.1, -0.05) is 34.3 Å². The molecule has 0 bridgehead atoms. The molecule has 0 aliphatic heterocycles. The molecule has 0 unspecified atom stereocenters. The summed E-state index contributed by atoms with van der Waals surface area (Å²) in [6.45, 7) is 21.7. The summed E-state index contributed by atoms with van der Waals surface area (Å²) in [5, 5.41) is 6.35. The summed E-state index contributed by atoms with van der Waals surface area (Å²) in [5.41, 5.74) is 0.635. The zero-order chi connectivity index (χ0) is 22.7. The van der Waals surface area contributed by atoms with Gasteiger partial charge in [0.25, 0.3) is 0 Å². The van der Waals surface area contributed by atoms with Gasteiger partial charge in [-0.25, -0.2) is 0 Å². The molecule has 0 heterocycles. The van der Waals surface area contributed by atoms with Crippen LogP contribution in [0.4, 0.5) is 0 Å². The summed E-state index contributed by atoms with van der Waals surface area (Å²) in [7, 11) is 0. The zero-order valence-electron chi connectivity index (χ0n) is 20.2. The summed E-state index contributed by atoms with van der Waals surface area (Å²) in [5.74, 6) is 0.845. The maximum atomic E-state index is 12.0. The smallest absolute Gasteiger partial charge is 0.220 e. The van der Waals surface area contributed by atoms with Gasteiger partial charge in [0.2, 0.25) is 5.91 Å². The van der Waals surface area contributed by atoms with Crippen molar-refractivity contribution in [2.75, 3.05) is 13.2 Å². The lowest BCUT2D eigenvalue weighted by molar-refractivity contribution is -0.124. The number of ether oxygens (including phenoxy) is 1. The largest absolute Gasteiger partial charge is 0.384 e. The molecule has 2 N–H and O–H groups in total. The van der Waals surface area contributed by atoms with Crippen molar-refractivity contribution in [3.8, 4) is 0 Å². The number of hydrogen-bond acceptors (Lipinski definition) is 4. The minimum atomic E-state index is -0.365. The molecule has 0 spiro atoms. The van der Waals surface area contributed by atoms with Crippen molar-refractivity contribution in [2.24, 2.45) is 11.8 Å². The average Bonchev–Trinajstić information content (AvgIpc) is 2.57. The number of hydrogen-bond donors (Lipinski definition) is 2. The van der Waals surface area contributed by atoms with E-state index >= 15 is 0 Å². The first-order valence-electron chi connectivity index (χ1n) is 11.1. The molecule has 1 amide bonds. The molecule has 0 aromatic rings. The Bertz CT molecular complexity index is 522.